The summed E-state index contributed by atoms with van der Waals surface area (Å²) in [6.07, 6.45) is 8.34. The van der Waals surface area contributed by atoms with Gasteiger partial charge in [0.1, 0.15) is 5.54 Å². The molecule has 1 atom stereocenters. The minimum absolute atomic E-state index is 0.0152. The number of carbonyl (C=O) groups excluding carboxylic acids is 1. The van der Waals surface area contributed by atoms with Gasteiger partial charge in [-0.25, -0.2) is 0 Å². The van der Waals surface area contributed by atoms with Crippen LogP contribution in [-0.4, -0.2) is 49.1 Å². The van der Waals surface area contributed by atoms with E-state index in [0.29, 0.717) is 12.6 Å². The SMILES string of the molecule is CNCC1CCCN1CC(=O)NC1(C#N)CCCCCC1. The first-order valence-corrected chi connectivity index (χ1v) is 8.30. The molecule has 1 aliphatic heterocycles. The van der Waals surface area contributed by atoms with Crippen molar-refractivity contribution in [3.05, 3.63) is 0 Å². The molecule has 118 valence electrons. The summed E-state index contributed by atoms with van der Waals surface area (Å²) in [5, 5.41) is 15.8. The predicted octanol–water partition coefficient (Wildman–Crippen LogP) is 1.40. The summed E-state index contributed by atoms with van der Waals surface area (Å²) in [6, 6.07) is 2.84. The van der Waals surface area contributed by atoms with E-state index in [4.69, 9.17) is 0 Å². The third-order valence-corrected chi connectivity index (χ3v) is 4.84. The van der Waals surface area contributed by atoms with E-state index in [1.54, 1.807) is 0 Å². The molecule has 5 heteroatoms. The number of likely N-dealkylation sites (N-methyl/N-ethyl adjacent to an activating group) is 1. The van der Waals surface area contributed by atoms with E-state index in [0.717, 1.165) is 51.6 Å². The van der Waals surface area contributed by atoms with E-state index in [1.165, 1.54) is 12.8 Å². The standard InChI is InChI=1S/C16H28N4O/c1-18-11-14-7-6-10-20(14)12-15(21)19-16(13-17)8-4-2-3-5-9-16/h14,18H,2-12H2,1H3,(H,19,21). The van der Waals surface area contributed by atoms with Crippen LogP contribution in [0.1, 0.15) is 51.4 Å². The number of likely N-dealkylation sites (tertiary alicyclic amines) is 1. The summed E-state index contributed by atoms with van der Waals surface area (Å²) < 4.78 is 0. The summed E-state index contributed by atoms with van der Waals surface area (Å²) in [4.78, 5) is 14.6. The van der Waals surface area contributed by atoms with Crippen molar-refractivity contribution >= 4 is 5.91 Å². The molecule has 5 nitrogen and oxygen atoms in total. The average molecular weight is 292 g/mol. The molecular weight excluding hydrogens is 264 g/mol. The van der Waals surface area contributed by atoms with Crippen LogP contribution in [0.4, 0.5) is 0 Å². The molecule has 1 unspecified atom stereocenters. The van der Waals surface area contributed by atoms with Crippen LogP contribution in [-0.2, 0) is 4.79 Å². The van der Waals surface area contributed by atoms with Crippen LogP contribution in [0.2, 0.25) is 0 Å². The predicted molar refractivity (Wildman–Crippen MR) is 82.7 cm³/mol. The van der Waals surface area contributed by atoms with Crippen LogP contribution in [0.25, 0.3) is 0 Å². The Labute approximate surface area is 128 Å². The lowest BCUT2D eigenvalue weighted by atomic mass is 9.92. The number of nitriles is 1. The lowest BCUT2D eigenvalue weighted by Gasteiger charge is -2.29. The maximum Gasteiger partial charge on any atom is 0.235 e. The molecule has 1 amide bonds. The van der Waals surface area contributed by atoms with Gasteiger partial charge in [-0.2, -0.15) is 5.26 Å². The summed E-state index contributed by atoms with van der Waals surface area (Å²) in [5.41, 5.74) is -0.619. The van der Waals surface area contributed by atoms with E-state index >= 15 is 0 Å². The molecular formula is C16H28N4O. The van der Waals surface area contributed by atoms with Crippen molar-refractivity contribution in [1.82, 2.24) is 15.5 Å². The fourth-order valence-electron chi connectivity index (χ4n) is 3.66. The summed E-state index contributed by atoms with van der Waals surface area (Å²) >= 11 is 0. The number of nitrogens with zero attached hydrogens (tertiary/aromatic N) is 2. The van der Waals surface area contributed by atoms with Crippen molar-refractivity contribution in [1.29, 1.82) is 5.26 Å². The number of amides is 1. The van der Waals surface area contributed by atoms with Gasteiger partial charge in [0.05, 0.1) is 12.6 Å². The van der Waals surface area contributed by atoms with E-state index in [1.807, 2.05) is 7.05 Å². The third kappa shape index (κ3) is 4.42. The van der Waals surface area contributed by atoms with Gasteiger partial charge in [0.15, 0.2) is 0 Å². The van der Waals surface area contributed by atoms with Gasteiger partial charge in [-0.15, -0.1) is 0 Å². The Morgan fingerprint density at radius 3 is 2.62 bits per heavy atom. The molecule has 21 heavy (non-hydrogen) atoms. The molecule has 1 heterocycles. The first-order valence-electron chi connectivity index (χ1n) is 8.30. The zero-order valence-corrected chi connectivity index (χ0v) is 13.2. The summed E-state index contributed by atoms with van der Waals surface area (Å²) in [7, 11) is 1.95. The first kappa shape index (κ1) is 16.3. The lowest BCUT2D eigenvalue weighted by molar-refractivity contribution is -0.124. The average Bonchev–Trinajstić information content (AvgIpc) is 2.76. The fraction of sp³-hybridized carbons (Fsp3) is 0.875. The van der Waals surface area contributed by atoms with Crippen molar-refractivity contribution in [2.45, 2.75) is 62.9 Å². The number of nitrogens with one attached hydrogen (secondary N) is 2. The van der Waals surface area contributed by atoms with E-state index in [-0.39, 0.29) is 5.91 Å². The second kappa shape index (κ2) is 7.77. The van der Waals surface area contributed by atoms with Crippen molar-refractivity contribution < 1.29 is 4.79 Å². The van der Waals surface area contributed by atoms with Gasteiger partial charge in [0.2, 0.25) is 5.91 Å². The molecule has 1 aliphatic carbocycles. The van der Waals surface area contributed by atoms with Crippen LogP contribution in [0.5, 0.6) is 0 Å². The van der Waals surface area contributed by atoms with Crippen molar-refractivity contribution in [2.24, 2.45) is 0 Å². The van der Waals surface area contributed by atoms with Gasteiger partial charge in [-0.1, -0.05) is 25.7 Å². The molecule has 2 N–H and O–H groups in total. The molecule has 0 radical (unpaired) electrons. The molecule has 0 bridgehead atoms. The highest BCUT2D eigenvalue weighted by Crippen LogP contribution is 2.26. The zero-order valence-electron chi connectivity index (χ0n) is 13.2. The van der Waals surface area contributed by atoms with Gasteiger partial charge in [0, 0.05) is 12.6 Å². The Kier molecular flexibility index (Phi) is 6.01. The Hall–Kier alpha value is -1.12. The van der Waals surface area contributed by atoms with Crippen LogP contribution in [0, 0.1) is 11.3 Å². The highest BCUT2D eigenvalue weighted by Gasteiger charge is 2.34. The molecule has 0 aromatic heterocycles. The monoisotopic (exact) mass is 292 g/mol. The molecule has 1 saturated heterocycles. The molecule has 2 fully saturated rings. The minimum atomic E-state index is -0.619. The summed E-state index contributed by atoms with van der Waals surface area (Å²) in [5.74, 6) is 0.0152. The second-order valence-electron chi connectivity index (χ2n) is 6.48. The van der Waals surface area contributed by atoms with Gasteiger partial charge in [-0.05, 0) is 39.3 Å². The molecule has 0 aromatic rings. The molecule has 1 saturated carbocycles. The Morgan fingerprint density at radius 2 is 2.00 bits per heavy atom. The van der Waals surface area contributed by atoms with Crippen LogP contribution in [0.3, 0.4) is 0 Å². The largest absolute Gasteiger partial charge is 0.337 e. The number of carbonyl (C=O) groups is 1. The van der Waals surface area contributed by atoms with Gasteiger partial charge in [-0.3, -0.25) is 9.69 Å². The van der Waals surface area contributed by atoms with Crippen molar-refractivity contribution in [3.8, 4) is 6.07 Å². The van der Waals surface area contributed by atoms with Gasteiger partial charge >= 0.3 is 0 Å². The first-order chi connectivity index (χ1) is 10.2. The number of rotatable bonds is 5. The van der Waals surface area contributed by atoms with E-state index in [9.17, 15) is 10.1 Å². The lowest BCUT2D eigenvalue weighted by Crippen LogP contribution is -2.51. The van der Waals surface area contributed by atoms with Gasteiger partial charge < -0.3 is 10.6 Å². The molecule has 2 aliphatic rings. The molecule has 0 aromatic carbocycles. The highest BCUT2D eigenvalue weighted by molar-refractivity contribution is 5.79. The maximum atomic E-state index is 12.4. The fourth-order valence-corrected chi connectivity index (χ4v) is 3.66. The Balaban J connectivity index is 1.89. The van der Waals surface area contributed by atoms with Crippen LogP contribution >= 0.6 is 0 Å². The Morgan fingerprint density at radius 1 is 1.29 bits per heavy atom. The quantitative estimate of drug-likeness (QED) is 0.752. The molecule has 2 rings (SSSR count). The smallest absolute Gasteiger partial charge is 0.235 e. The van der Waals surface area contributed by atoms with E-state index < -0.39 is 5.54 Å². The number of hydrogen-bond donors (Lipinski definition) is 2. The molecule has 0 spiro atoms. The Bertz CT molecular complexity index is 382. The summed E-state index contributed by atoms with van der Waals surface area (Å²) in [6.45, 7) is 2.34. The maximum absolute atomic E-state index is 12.4. The zero-order chi connectivity index (χ0) is 15.1. The van der Waals surface area contributed by atoms with Crippen LogP contribution < -0.4 is 10.6 Å². The minimum Gasteiger partial charge on any atom is -0.337 e. The normalized spacial score (nSPS) is 26.0. The van der Waals surface area contributed by atoms with Crippen molar-refractivity contribution in [3.63, 3.8) is 0 Å². The van der Waals surface area contributed by atoms with Gasteiger partial charge in [0.25, 0.3) is 0 Å². The second-order valence-corrected chi connectivity index (χ2v) is 6.48. The van der Waals surface area contributed by atoms with Crippen molar-refractivity contribution in [2.75, 3.05) is 26.7 Å². The topological polar surface area (TPSA) is 68.2 Å². The van der Waals surface area contributed by atoms with Crippen LogP contribution in [0.15, 0.2) is 0 Å². The highest BCUT2D eigenvalue weighted by atomic mass is 16.2. The third-order valence-electron chi connectivity index (χ3n) is 4.84. The van der Waals surface area contributed by atoms with E-state index in [2.05, 4.69) is 21.6 Å². The number of hydrogen-bond acceptors (Lipinski definition) is 4.